The van der Waals surface area contributed by atoms with Crippen LogP contribution in [-0.4, -0.2) is 60.5 Å². The molecule has 1 aromatic carbocycles. The minimum Gasteiger partial charge on any atom is -0.452 e. The summed E-state index contributed by atoms with van der Waals surface area (Å²) in [4.78, 5) is 39.0. The van der Waals surface area contributed by atoms with E-state index in [0.717, 1.165) is 5.69 Å². The first-order valence-electron chi connectivity index (χ1n) is 8.45. The first kappa shape index (κ1) is 19.2. The zero-order valence-corrected chi connectivity index (χ0v) is 14.8. The number of benzene rings is 1. The first-order chi connectivity index (χ1) is 12.6. The van der Waals surface area contributed by atoms with Crippen LogP contribution >= 0.6 is 0 Å². The van der Waals surface area contributed by atoms with E-state index < -0.39 is 5.97 Å². The SMILES string of the molecule is CC=CC=CC(=O)OCC(=O)N1CCN(C(=O)Nc2ccccc2)CC1. The Morgan fingerprint density at radius 1 is 1.04 bits per heavy atom. The van der Waals surface area contributed by atoms with E-state index in [0.29, 0.717) is 26.2 Å². The van der Waals surface area contributed by atoms with Crippen molar-refractivity contribution in [1.29, 1.82) is 0 Å². The van der Waals surface area contributed by atoms with Crippen LogP contribution in [0.5, 0.6) is 0 Å². The fraction of sp³-hybridized carbons (Fsp3) is 0.316. The van der Waals surface area contributed by atoms with Crippen LogP contribution in [0, 0.1) is 0 Å². The van der Waals surface area contributed by atoms with Crippen LogP contribution in [0.3, 0.4) is 0 Å². The van der Waals surface area contributed by atoms with Crippen molar-refractivity contribution in [3.05, 3.63) is 54.6 Å². The number of nitrogens with one attached hydrogen (secondary N) is 1. The smallest absolute Gasteiger partial charge is 0.331 e. The van der Waals surface area contributed by atoms with Crippen molar-refractivity contribution in [2.24, 2.45) is 0 Å². The lowest BCUT2D eigenvalue weighted by molar-refractivity contribution is -0.148. The van der Waals surface area contributed by atoms with Crippen LogP contribution in [-0.2, 0) is 14.3 Å². The van der Waals surface area contributed by atoms with Crippen molar-refractivity contribution in [2.45, 2.75) is 6.92 Å². The van der Waals surface area contributed by atoms with Crippen molar-refractivity contribution in [3.8, 4) is 0 Å². The number of allylic oxidation sites excluding steroid dienone is 3. The van der Waals surface area contributed by atoms with Gasteiger partial charge in [0.05, 0.1) is 0 Å². The molecule has 0 spiro atoms. The summed E-state index contributed by atoms with van der Waals surface area (Å²) in [7, 11) is 0. The van der Waals surface area contributed by atoms with Crippen molar-refractivity contribution < 1.29 is 19.1 Å². The average Bonchev–Trinajstić information content (AvgIpc) is 2.67. The fourth-order valence-corrected chi connectivity index (χ4v) is 2.40. The molecule has 1 N–H and O–H groups in total. The first-order valence-corrected chi connectivity index (χ1v) is 8.45. The molecule has 0 aliphatic carbocycles. The summed E-state index contributed by atoms with van der Waals surface area (Å²) in [6.07, 6.45) is 6.29. The molecule has 1 fully saturated rings. The number of piperazine rings is 1. The number of hydrogen-bond acceptors (Lipinski definition) is 4. The highest BCUT2D eigenvalue weighted by Gasteiger charge is 2.24. The molecule has 0 unspecified atom stereocenters. The Labute approximate surface area is 152 Å². The molecule has 26 heavy (non-hydrogen) atoms. The summed E-state index contributed by atoms with van der Waals surface area (Å²) in [5, 5.41) is 2.82. The predicted molar refractivity (Wildman–Crippen MR) is 98.5 cm³/mol. The zero-order valence-electron chi connectivity index (χ0n) is 14.8. The Balaban J connectivity index is 1.72. The van der Waals surface area contributed by atoms with Gasteiger partial charge in [0.2, 0.25) is 0 Å². The highest BCUT2D eigenvalue weighted by molar-refractivity contribution is 5.89. The van der Waals surface area contributed by atoms with E-state index >= 15 is 0 Å². The van der Waals surface area contributed by atoms with Crippen LogP contribution in [0.15, 0.2) is 54.6 Å². The van der Waals surface area contributed by atoms with Gasteiger partial charge in [-0.3, -0.25) is 4.79 Å². The number of esters is 1. The Morgan fingerprint density at radius 2 is 1.69 bits per heavy atom. The molecule has 0 atom stereocenters. The molecule has 3 amide bonds. The lowest BCUT2D eigenvalue weighted by Gasteiger charge is -2.34. The summed E-state index contributed by atoms with van der Waals surface area (Å²) < 4.78 is 4.91. The van der Waals surface area contributed by atoms with E-state index in [2.05, 4.69) is 5.32 Å². The molecule has 0 bridgehead atoms. The predicted octanol–water partition coefficient (Wildman–Crippen LogP) is 2.04. The molecule has 138 valence electrons. The maximum absolute atomic E-state index is 12.2. The molecular formula is C19H23N3O4. The van der Waals surface area contributed by atoms with E-state index in [1.165, 1.54) is 6.08 Å². The Hall–Kier alpha value is -3.09. The van der Waals surface area contributed by atoms with Gasteiger partial charge in [-0.25, -0.2) is 9.59 Å². The second-order valence-corrected chi connectivity index (χ2v) is 5.66. The molecule has 0 radical (unpaired) electrons. The van der Waals surface area contributed by atoms with Gasteiger partial charge in [-0.2, -0.15) is 0 Å². The van der Waals surface area contributed by atoms with Crippen LogP contribution in [0.25, 0.3) is 0 Å². The molecule has 1 saturated heterocycles. The number of para-hydroxylation sites is 1. The van der Waals surface area contributed by atoms with E-state index in [1.54, 1.807) is 28.0 Å². The summed E-state index contributed by atoms with van der Waals surface area (Å²) in [5.74, 6) is -0.821. The van der Waals surface area contributed by atoms with E-state index in [-0.39, 0.29) is 18.5 Å². The zero-order chi connectivity index (χ0) is 18.8. The van der Waals surface area contributed by atoms with Crippen molar-refractivity contribution >= 4 is 23.6 Å². The van der Waals surface area contributed by atoms with Crippen LogP contribution < -0.4 is 5.32 Å². The van der Waals surface area contributed by atoms with Crippen LogP contribution in [0.2, 0.25) is 0 Å². The number of carbonyl (C=O) groups is 3. The molecule has 1 aliphatic heterocycles. The lowest BCUT2D eigenvalue weighted by atomic mass is 10.3. The lowest BCUT2D eigenvalue weighted by Crippen LogP contribution is -2.52. The Kier molecular flexibility index (Phi) is 7.42. The quantitative estimate of drug-likeness (QED) is 0.497. The van der Waals surface area contributed by atoms with Gasteiger partial charge >= 0.3 is 12.0 Å². The number of ether oxygens (including phenoxy) is 1. The molecule has 7 heteroatoms. The van der Waals surface area contributed by atoms with Gasteiger partial charge in [0.25, 0.3) is 5.91 Å². The largest absolute Gasteiger partial charge is 0.452 e. The van der Waals surface area contributed by atoms with Crippen LogP contribution in [0.1, 0.15) is 6.92 Å². The normalized spacial score (nSPS) is 14.7. The average molecular weight is 357 g/mol. The van der Waals surface area contributed by atoms with Crippen LogP contribution in [0.4, 0.5) is 10.5 Å². The number of amides is 3. The van der Waals surface area contributed by atoms with Gasteiger partial charge in [-0.1, -0.05) is 36.4 Å². The third-order valence-electron chi connectivity index (χ3n) is 3.82. The van der Waals surface area contributed by atoms with E-state index in [4.69, 9.17) is 4.74 Å². The third kappa shape index (κ3) is 6.08. The van der Waals surface area contributed by atoms with Gasteiger partial charge < -0.3 is 19.9 Å². The monoisotopic (exact) mass is 357 g/mol. The maximum Gasteiger partial charge on any atom is 0.331 e. The van der Waals surface area contributed by atoms with Crippen molar-refractivity contribution in [2.75, 3.05) is 38.1 Å². The molecule has 0 saturated carbocycles. The topological polar surface area (TPSA) is 79.0 Å². The Bertz CT molecular complexity index is 677. The summed E-state index contributed by atoms with van der Waals surface area (Å²) >= 11 is 0. The van der Waals surface area contributed by atoms with Gasteiger partial charge in [0.1, 0.15) is 0 Å². The number of carbonyl (C=O) groups excluding carboxylic acids is 3. The molecule has 7 nitrogen and oxygen atoms in total. The highest BCUT2D eigenvalue weighted by atomic mass is 16.5. The molecule has 1 aliphatic rings. The van der Waals surface area contributed by atoms with E-state index in [1.807, 2.05) is 37.3 Å². The number of nitrogens with zero attached hydrogens (tertiary/aromatic N) is 2. The fourth-order valence-electron chi connectivity index (χ4n) is 2.40. The Morgan fingerprint density at radius 3 is 2.35 bits per heavy atom. The van der Waals surface area contributed by atoms with Gasteiger partial charge in [-0.15, -0.1) is 0 Å². The summed E-state index contributed by atoms with van der Waals surface area (Å²) in [6.45, 7) is 3.22. The summed E-state index contributed by atoms with van der Waals surface area (Å²) in [5.41, 5.74) is 0.730. The van der Waals surface area contributed by atoms with E-state index in [9.17, 15) is 14.4 Å². The van der Waals surface area contributed by atoms with Crippen molar-refractivity contribution in [1.82, 2.24) is 9.80 Å². The maximum atomic E-state index is 12.2. The van der Waals surface area contributed by atoms with Crippen molar-refractivity contribution in [3.63, 3.8) is 0 Å². The van der Waals surface area contributed by atoms with Gasteiger partial charge in [0, 0.05) is 37.9 Å². The second kappa shape index (κ2) is 10.0. The number of rotatable bonds is 5. The number of urea groups is 1. The molecule has 0 aromatic heterocycles. The molecule has 2 rings (SSSR count). The summed E-state index contributed by atoms with van der Waals surface area (Å²) in [6, 6.07) is 9.02. The standard InChI is InChI=1S/C19H23N3O4/c1-2-3-5-10-18(24)26-15-17(23)21-11-13-22(14-12-21)19(25)20-16-8-6-4-7-9-16/h2-10H,11-15H2,1H3,(H,20,25). The number of anilines is 1. The molecular weight excluding hydrogens is 334 g/mol. The number of hydrogen-bond donors (Lipinski definition) is 1. The molecule has 1 aromatic rings. The minimum absolute atomic E-state index is 0.191. The third-order valence-corrected chi connectivity index (χ3v) is 3.82. The molecule has 1 heterocycles. The van der Waals surface area contributed by atoms with Gasteiger partial charge in [-0.05, 0) is 19.1 Å². The minimum atomic E-state index is -0.558. The second-order valence-electron chi connectivity index (χ2n) is 5.66. The highest BCUT2D eigenvalue weighted by Crippen LogP contribution is 2.09. The van der Waals surface area contributed by atoms with Gasteiger partial charge in [0.15, 0.2) is 6.61 Å².